The number of halogens is 1. The van der Waals surface area contributed by atoms with Crippen LogP contribution in [0, 0.1) is 11.3 Å². The highest BCUT2D eigenvalue weighted by molar-refractivity contribution is 6.00. The van der Waals surface area contributed by atoms with Crippen molar-refractivity contribution in [3.05, 3.63) is 60.2 Å². The largest absolute Gasteiger partial charge is 0.387 e. The molecule has 3 N–H and O–H groups in total. The number of pyridine rings is 1. The summed E-state index contributed by atoms with van der Waals surface area (Å²) in [4.78, 5) is 28.7. The smallest absolute Gasteiger partial charge is 0.255 e. The standard InChI is InChI=1S/C28H28FN9O3/c1-28(2,40)25(29)13-32-26(39)21-12-31-23(24-4-3-18-5-16(8-30)9-35-38(18)24)7-22(21)36-17-10-33-27(34-11-17)37-14-19-6-20(15-37)41-19/h3-5,7,9-12,19-20,25,40H,6,13-15H2,1-2H3,(H,31,36)(H,32,39). The molecule has 3 fully saturated rings. The van der Waals surface area contributed by atoms with E-state index in [0.717, 1.165) is 19.5 Å². The number of carbonyl (C=O) groups excluding carboxylic acids is 1. The number of alkyl halides is 1. The fourth-order valence-electron chi connectivity index (χ4n) is 4.88. The highest BCUT2D eigenvalue weighted by Crippen LogP contribution is 2.31. The zero-order valence-electron chi connectivity index (χ0n) is 22.5. The zero-order valence-corrected chi connectivity index (χ0v) is 22.5. The van der Waals surface area contributed by atoms with Crippen LogP contribution in [0.25, 0.3) is 16.9 Å². The second-order valence-electron chi connectivity index (χ2n) is 10.8. The van der Waals surface area contributed by atoms with Crippen LogP contribution in [-0.4, -0.2) is 79.2 Å². The summed E-state index contributed by atoms with van der Waals surface area (Å²) in [6.45, 7) is 3.79. The second kappa shape index (κ2) is 10.4. The number of piperidine rings is 1. The van der Waals surface area contributed by atoms with Gasteiger partial charge in [0.25, 0.3) is 5.91 Å². The van der Waals surface area contributed by atoms with E-state index in [-0.39, 0.29) is 24.3 Å². The molecule has 3 aliphatic heterocycles. The van der Waals surface area contributed by atoms with Crippen LogP contribution in [-0.2, 0) is 4.74 Å². The Morgan fingerprint density at radius 1 is 1.20 bits per heavy atom. The summed E-state index contributed by atoms with van der Waals surface area (Å²) in [5, 5.41) is 29.2. The van der Waals surface area contributed by atoms with Gasteiger partial charge < -0.3 is 25.4 Å². The SMILES string of the molecule is CC(C)(O)C(F)CNC(=O)c1cnc(-c2ccc3cc(C#N)cnn23)cc1Nc1cnc(N2CC3CC(C2)O3)nc1. The zero-order chi connectivity index (χ0) is 28.7. The Morgan fingerprint density at radius 3 is 2.61 bits per heavy atom. The third kappa shape index (κ3) is 5.39. The predicted molar refractivity (Wildman–Crippen MR) is 147 cm³/mol. The third-order valence-electron chi connectivity index (χ3n) is 7.21. The highest BCUT2D eigenvalue weighted by atomic mass is 19.1. The van der Waals surface area contributed by atoms with Gasteiger partial charge in [-0.15, -0.1) is 0 Å². The van der Waals surface area contributed by atoms with Crippen molar-refractivity contribution in [2.75, 3.05) is 29.9 Å². The Kier molecular flexibility index (Phi) is 6.72. The van der Waals surface area contributed by atoms with Gasteiger partial charge in [-0.05, 0) is 38.1 Å². The van der Waals surface area contributed by atoms with Crippen molar-refractivity contribution in [3.8, 4) is 17.5 Å². The molecule has 0 spiro atoms. The number of rotatable bonds is 8. The lowest BCUT2D eigenvalue weighted by Gasteiger charge is -2.46. The van der Waals surface area contributed by atoms with Crippen LogP contribution in [0.5, 0.6) is 0 Å². The normalized spacial score (nSPS) is 18.9. The van der Waals surface area contributed by atoms with E-state index < -0.39 is 17.7 Å². The van der Waals surface area contributed by atoms with Gasteiger partial charge in [0.05, 0.1) is 82.4 Å². The molecule has 0 saturated carbocycles. The summed E-state index contributed by atoms with van der Waals surface area (Å²) in [5.41, 5.74) is 1.77. The molecule has 13 heteroatoms. The Morgan fingerprint density at radius 2 is 1.93 bits per heavy atom. The fourth-order valence-corrected chi connectivity index (χ4v) is 4.88. The topological polar surface area (TPSA) is 154 Å². The van der Waals surface area contributed by atoms with Crippen LogP contribution >= 0.6 is 0 Å². The van der Waals surface area contributed by atoms with E-state index in [9.17, 15) is 19.6 Å². The Labute approximate surface area is 234 Å². The number of hydrogen-bond donors (Lipinski definition) is 3. The van der Waals surface area contributed by atoms with Crippen molar-refractivity contribution in [2.24, 2.45) is 0 Å². The molecule has 4 aromatic heterocycles. The summed E-state index contributed by atoms with van der Waals surface area (Å²) >= 11 is 0. The molecule has 7 rings (SSSR count). The molecule has 12 nitrogen and oxygen atoms in total. The summed E-state index contributed by atoms with van der Waals surface area (Å²) in [6.07, 6.45) is 5.96. The van der Waals surface area contributed by atoms with E-state index in [1.54, 1.807) is 29.0 Å². The number of nitriles is 1. The lowest BCUT2D eigenvalue weighted by Crippen LogP contribution is -2.57. The van der Waals surface area contributed by atoms with Crippen molar-refractivity contribution in [1.82, 2.24) is 29.9 Å². The van der Waals surface area contributed by atoms with Crippen molar-refractivity contribution >= 4 is 28.7 Å². The van der Waals surface area contributed by atoms with Gasteiger partial charge in [0.2, 0.25) is 5.95 Å². The summed E-state index contributed by atoms with van der Waals surface area (Å²) < 4.78 is 21.7. The molecule has 3 saturated heterocycles. The number of aliphatic hydroxyl groups is 1. The predicted octanol–water partition coefficient (Wildman–Crippen LogP) is 2.62. The van der Waals surface area contributed by atoms with Crippen LogP contribution in [0.3, 0.4) is 0 Å². The number of carbonyl (C=O) groups is 1. The molecule has 210 valence electrons. The molecule has 0 radical (unpaired) electrons. The first kappa shape index (κ1) is 26.5. The molecule has 2 bridgehead atoms. The number of fused-ring (bicyclic) bond motifs is 3. The molecule has 0 aromatic carbocycles. The quantitative estimate of drug-likeness (QED) is 0.295. The molecule has 41 heavy (non-hydrogen) atoms. The minimum Gasteiger partial charge on any atom is -0.387 e. The number of anilines is 3. The lowest BCUT2D eigenvalue weighted by molar-refractivity contribution is -0.133. The first-order valence-electron chi connectivity index (χ1n) is 13.2. The number of aromatic nitrogens is 5. The van der Waals surface area contributed by atoms with Crippen LogP contribution in [0.15, 0.2) is 49.1 Å². The average molecular weight is 558 g/mol. The number of hydrogen-bond acceptors (Lipinski definition) is 10. The molecule has 3 aliphatic rings. The molecular formula is C28H28FN9O3. The van der Waals surface area contributed by atoms with E-state index in [1.807, 2.05) is 12.1 Å². The van der Waals surface area contributed by atoms with Crippen molar-refractivity contribution < 1.29 is 19.0 Å². The van der Waals surface area contributed by atoms with Gasteiger partial charge in [-0.2, -0.15) is 10.4 Å². The van der Waals surface area contributed by atoms with E-state index in [0.29, 0.717) is 39.8 Å². The van der Waals surface area contributed by atoms with E-state index >= 15 is 0 Å². The first-order valence-corrected chi connectivity index (χ1v) is 13.2. The minimum absolute atomic E-state index is 0.162. The van der Waals surface area contributed by atoms with E-state index in [1.165, 1.54) is 26.2 Å². The monoisotopic (exact) mass is 557 g/mol. The summed E-state index contributed by atoms with van der Waals surface area (Å²) in [5.74, 6) is 0.0327. The van der Waals surface area contributed by atoms with Gasteiger partial charge in [-0.1, -0.05) is 0 Å². The third-order valence-corrected chi connectivity index (χ3v) is 7.21. The number of ether oxygens (including phenoxy) is 1. The minimum atomic E-state index is -1.67. The molecule has 4 aromatic rings. The van der Waals surface area contributed by atoms with E-state index in [2.05, 4.69) is 41.7 Å². The molecular weight excluding hydrogens is 529 g/mol. The maximum Gasteiger partial charge on any atom is 0.255 e. The first-order chi connectivity index (χ1) is 19.7. The fraction of sp³-hybridized carbons (Fsp3) is 0.357. The van der Waals surface area contributed by atoms with E-state index in [4.69, 9.17) is 4.74 Å². The maximum atomic E-state index is 14.3. The Balaban J connectivity index is 1.29. The molecule has 3 atom stereocenters. The van der Waals surface area contributed by atoms with Gasteiger partial charge >= 0.3 is 0 Å². The van der Waals surface area contributed by atoms with Crippen LogP contribution in [0.1, 0.15) is 36.2 Å². The van der Waals surface area contributed by atoms with Crippen LogP contribution < -0.4 is 15.5 Å². The van der Waals surface area contributed by atoms with Crippen molar-refractivity contribution in [3.63, 3.8) is 0 Å². The van der Waals surface area contributed by atoms with Crippen molar-refractivity contribution in [1.29, 1.82) is 5.26 Å². The van der Waals surface area contributed by atoms with Crippen LogP contribution in [0.4, 0.5) is 21.7 Å². The number of amides is 1. The van der Waals surface area contributed by atoms with Crippen LogP contribution in [0.2, 0.25) is 0 Å². The van der Waals surface area contributed by atoms with Gasteiger partial charge in [0.15, 0.2) is 0 Å². The summed E-state index contributed by atoms with van der Waals surface area (Å²) in [7, 11) is 0. The Bertz CT molecular complexity index is 1630. The van der Waals surface area contributed by atoms with Crippen molar-refractivity contribution in [2.45, 2.75) is 44.2 Å². The summed E-state index contributed by atoms with van der Waals surface area (Å²) in [6, 6.07) is 9.10. The Hall–Kier alpha value is -4.67. The van der Waals surface area contributed by atoms with Gasteiger partial charge in [0.1, 0.15) is 12.2 Å². The lowest BCUT2D eigenvalue weighted by atomic mass is 9.99. The van der Waals surface area contributed by atoms with Gasteiger partial charge in [0, 0.05) is 25.7 Å². The van der Waals surface area contributed by atoms with Gasteiger partial charge in [-0.3, -0.25) is 9.78 Å². The number of morpholine rings is 1. The maximum absolute atomic E-state index is 14.3. The highest BCUT2D eigenvalue weighted by Gasteiger charge is 2.39. The number of nitrogens with one attached hydrogen (secondary N) is 2. The molecule has 1 amide bonds. The average Bonchev–Trinajstić information content (AvgIpc) is 3.38. The second-order valence-corrected chi connectivity index (χ2v) is 10.8. The number of nitrogens with zero attached hydrogens (tertiary/aromatic N) is 7. The molecule has 3 unspecified atom stereocenters. The molecule has 7 heterocycles. The molecule has 0 aliphatic carbocycles. The van der Waals surface area contributed by atoms with Gasteiger partial charge in [-0.25, -0.2) is 18.9 Å².